The van der Waals surface area contributed by atoms with Crippen LogP contribution in [0.2, 0.25) is 0 Å². The fourth-order valence-electron chi connectivity index (χ4n) is 4.57. The van der Waals surface area contributed by atoms with Crippen LogP contribution in [0.1, 0.15) is 24.8 Å². The molecule has 0 aromatic heterocycles. The fraction of sp³-hybridized carbons (Fsp3) is 0.455. The minimum atomic E-state index is -0.928. The number of carbonyl (C=O) groups excluding carboxylic acids is 2. The van der Waals surface area contributed by atoms with E-state index >= 15 is 0 Å². The quantitative estimate of drug-likeness (QED) is 0.330. The van der Waals surface area contributed by atoms with Gasteiger partial charge in [-0.3, -0.25) is 24.6 Å². The topological polar surface area (TPSA) is 107 Å². The molecule has 9 heteroatoms. The number of fused-ring (bicyclic) bond motifs is 1. The molecule has 164 valence electrons. The molecule has 2 amide bonds. The molecule has 2 saturated heterocycles. The Labute approximate surface area is 180 Å². The van der Waals surface area contributed by atoms with Gasteiger partial charge in [0.15, 0.2) is 0 Å². The molecule has 1 aromatic carbocycles. The van der Waals surface area contributed by atoms with E-state index in [0.29, 0.717) is 0 Å². The number of rotatable bonds is 5. The third kappa shape index (κ3) is 4.04. The fourth-order valence-corrected chi connectivity index (χ4v) is 4.57. The summed E-state index contributed by atoms with van der Waals surface area (Å²) >= 11 is 0. The first kappa shape index (κ1) is 21.4. The highest BCUT2D eigenvalue weighted by atomic mass is 16.6. The molecule has 4 atom stereocenters. The second kappa shape index (κ2) is 8.70. The van der Waals surface area contributed by atoms with Gasteiger partial charge in [-0.15, -0.1) is 0 Å². The van der Waals surface area contributed by atoms with Crippen LogP contribution in [0, 0.1) is 16.0 Å². The first-order valence-electron chi connectivity index (χ1n) is 10.5. The minimum absolute atomic E-state index is 0.00348. The van der Waals surface area contributed by atoms with Gasteiger partial charge in [0, 0.05) is 32.3 Å². The van der Waals surface area contributed by atoms with Crippen molar-refractivity contribution in [3.8, 4) is 0 Å². The number of likely N-dealkylation sites (N-methyl/N-ethyl adjacent to an activating group) is 1. The summed E-state index contributed by atoms with van der Waals surface area (Å²) in [7, 11) is 1.51. The number of likely N-dealkylation sites (tertiary alicyclic amines) is 1. The maximum atomic E-state index is 12.9. The van der Waals surface area contributed by atoms with Crippen LogP contribution < -0.4 is 0 Å². The largest absolute Gasteiger partial charge is 0.387 e. The van der Waals surface area contributed by atoms with Crippen LogP contribution in [0.4, 0.5) is 5.69 Å². The molecular formula is C22H26N4O5. The van der Waals surface area contributed by atoms with E-state index in [1.165, 1.54) is 24.1 Å². The van der Waals surface area contributed by atoms with E-state index in [4.69, 9.17) is 0 Å². The smallest absolute Gasteiger partial charge is 0.269 e. The van der Waals surface area contributed by atoms with Crippen LogP contribution in [-0.4, -0.2) is 75.1 Å². The summed E-state index contributed by atoms with van der Waals surface area (Å²) in [5.74, 6) is -1.01. The van der Waals surface area contributed by atoms with E-state index in [0.717, 1.165) is 37.9 Å². The summed E-state index contributed by atoms with van der Waals surface area (Å²) in [4.78, 5) is 36.9. The van der Waals surface area contributed by atoms with Gasteiger partial charge in [-0.2, -0.15) is 0 Å². The van der Waals surface area contributed by atoms with E-state index in [1.807, 2.05) is 11.1 Å². The number of piperidine rings is 1. The molecule has 3 heterocycles. The maximum absolute atomic E-state index is 12.9. The number of imide groups is 1. The van der Waals surface area contributed by atoms with E-state index < -0.39 is 29.0 Å². The molecule has 4 rings (SSSR count). The molecule has 31 heavy (non-hydrogen) atoms. The Kier molecular flexibility index (Phi) is 5.99. The highest BCUT2D eigenvalue weighted by Crippen LogP contribution is 2.34. The second-order valence-corrected chi connectivity index (χ2v) is 8.17. The molecule has 0 saturated carbocycles. The Hall–Kier alpha value is -2.88. The lowest BCUT2D eigenvalue weighted by molar-refractivity contribution is -0.384. The standard InChI is InChI=1S/C22H26N4O5/c1-23-21(28)17-10-11-18(25(20(17)22(23)29)24-13-3-2-4-14-24)19(27)12-7-15-5-8-16(9-6-15)26(30)31/h5-12,17-20,27H,2-4,13-14H2,1H3. The molecule has 4 unspecified atom stereocenters. The van der Waals surface area contributed by atoms with Gasteiger partial charge in [-0.1, -0.05) is 30.7 Å². The number of nitro groups is 1. The summed E-state index contributed by atoms with van der Waals surface area (Å²) < 4.78 is 0. The number of aliphatic hydroxyl groups is 1. The molecular weight excluding hydrogens is 400 g/mol. The van der Waals surface area contributed by atoms with Crippen LogP contribution >= 0.6 is 0 Å². The lowest BCUT2D eigenvalue weighted by atomic mass is 9.92. The lowest BCUT2D eigenvalue weighted by Crippen LogP contribution is -2.62. The third-order valence-electron chi connectivity index (χ3n) is 6.24. The normalized spacial score (nSPS) is 28.3. The van der Waals surface area contributed by atoms with Gasteiger partial charge >= 0.3 is 0 Å². The Bertz CT molecular complexity index is 922. The maximum Gasteiger partial charge on any atom is 0.269 e. The number of amides is 2. The number of hydrogen-bond acceptors (Lipinski definition) is 7. The van der Waals surface area contributed by atoms with Gasteiger partial charge in [-0.05, 0) is 30.5 Å². The van der Waals surface area contributed by atoms with Crippen LogP contribution in [0.25, 0.3) is 6.08 Å². The molecule has 3 aliphatic heterocycles. The van der Waals surface area contributed by atoms with Crippen molar-refractivity contribution in [2.24, 2.45) is 5.92 Å². The molecule has 9 nitrogen and oxygen atoms in total. The number of benzene rings is 1. The molecule has 0 aliphatic carbocycles. The van der Waals surface area contributed by atoms with Crippen LogP contribution in [0.3, 0.4) is 0 Å². The minimum Gasteiger partial charge on any atom is -0.387 e. The van der Waals surface area contributed by atoms with Gasteiger partial charge in [0.2, 0.25) is 11.8 Å². The molecule has 3 aliphatic rings. The average molecular weight is 426 g/mol. The lowest BCUT2D eigenvalue weighted by Gasteiger charge is -2.47. The SMILES string of the molecule is CN1C(=O)C2C=CC(C(O)C=Cc3ccc([N+](=O)[O-])cc3)N(N3CCCCC3)C2C1=O. The number of carbonyl (C=O) groups is 2. The zero-order valence-electron chi connectivity index (χ0n) is 17.3. The van der Waals surface area contributed by atoms with Crippen molar-refractivity contribution in [2.45, 2.75) is 37.5 Å². The third-order valence-corrected chi connectivity index (χ3v) is 6.24. The summed E-state index contributed by atoms with van der Waals surface area (Å²) in [6, 6.07) is 4.92. The average Bonchev–Trinajstić information content (AvgIpc) is 3.01. The first-order chi connectivity index (χ1) is 14.9. The van der Waals surface area contributed by atoms with Crippen molar-refractivity contribution >= 4 is 23.6 Å². The second-order valence-electron chi connectivity index (χ2n) is 8.17. The molecule has 1 aromatic rings. The van der Waals surface area contributed by atoms with E-state index in [-0.39, 0.29) is 17.5 Å². The number of aliphatic hydroxyl groups excluding tert-OH is 1. The predicted molar refractivity (Wildman–Crippen MR) is 113 cm³/mol. The zero-order chi connectivity index (χ0) is 22.1. The predicted octanol–water partition coefficient (Wildman–Crippen LogP) is 1.59. The Balaban J connectivity index is 1.59. The number of nitro benzene ring substituents is 1. The summed E-state index contributed by atoms with van der Waals surface area (Å²) in [5.41, 5.74) is 0.724. The molecule has 1 N–H and O–H groups in total. The van der Waals surface area contributed by atoms with Gasteiger partial charge in [0.05, 0.1) is 23.0 Å². The van der Waals surface area contributed by atoms with Crippen molar-refractivity contribution in [1.82, 2.24) is 14.9 Å². The van der Waals surface area contributed by atoms with Crippen molar-refractivity contribution in [2.75, 3.05) is 20.1 Å². The van der Waals surface area contributed by atoms with Crippen molar-refractivity contribution in [3.63, 3.8) is 0 Å². The molecule has 0 bridgehead atoms. The van der Waals surface area contributed by atoms with Gasteiger partial charge in [-0.25, -0.2) is 10.0 Å². The van der Waals surface area contributed by atoms with E-state index in [1.54, 1.807) is 30.4 Å². The van der Waals surface area contributed by atoms with Gasteiger partial charge in [0.1, 0.15) is 6.04 Å². The summed E-state index contributed by atoms with van der Waals surface area (Å²) in [6.45, 7) is 1.55. The van der Waals surface area contributed by atoms with Crippen molar-refractivity contribution in [1.29, 1.82) is 0 Å². The summed E-state index contributed by atoms with van der Waals surface area (Å²) in [5, 5.41) is 25.8. The van der Waals surface area contributed by atoms with Crippen LogP contribution in [0.5, 0.6) is 0 Å². The highest BCUT2D eigenvalue weighted by molar-refractivity contribution is 6.07. The van der Waals surface area contributed by atoms with Crippen molar-refractivity contribution in [3.05, 3.63) is 58.2 Å². The zero-order valence-corrected chi connectivity index (χ0v) is 17.3. The highest BCUT2D eigenvalue weighted by Gasteiger charge is 2.53. The summed E-state index contributed by atoms with van der Waals surface area (Å²) in [6.07, 6.45) is 9.06. The molecule has 2 fully saturated rings. The van der Waals surface area contributed by atoms with E-state index in [9.17, 15) is 24.8 Å². The molecule has 0 radical (unpaired) electrons. The number of hydrazine groups is 1. The Morgan fingerprint density at radius 1 is 1.10 bits per heavy atom. The number of nitrogens with zero attached hydrogens (tertiary/aromatic N) is 4. The van der Waals surface area contributed by atoms with Crippen molar-refractivity contribution < 1.29 is 19.6 Å². The first-order valence-corrected chi connectivity index (χ1v) is 10.5. The Morgan fingerprint density at radius 3 is 2.42 bits per heavy atom. The monoisotopic (exact) mass is 426 g/mol. The van der Waals surface area contributed by atoms with Crippen LogP contribution in [0.15, 0.2) is 42.5 Å². The molecule has 0 spiro atoms. The number of hydrogen-bond donors (Lipinski definition) is 1. The van der Waals surface area contributed by atoms with Gasteiger partial charge in [0.25, 0.3) is 5.69 Å². The number of non-ortho nitro benzene ring substituents is 1. The Morgan fingerprint density at radius 2 is 1.77 bits per heavy atom. The van der Waals surface area contributed by atoms with Gasteiger partial charge < -0.3 is 5.11 Å². The van der Waals surface area contributed by atoms with Crippen LogP contribution in [-0.2, 0) is 9.59 Å². The van der Waals surface area contributed by atoms with E-state index in [2.05, 4.69) is 5.01 Å².